The van der Waals surface area contributed by atoms with Crippen LogP contribution in [0.25, 0.3) is 0 Å². The maximum absolute atomic E-state index is 13.2. The molecule has 180 valence electrons. The van der Waals surface area contributed by atoms with Gasteiger partial charge in [0.25, 0.3) is 0 Å². The molecule has 8 nitrogen and oxygen atoms in total. The number of nitrogens with one attached hydrogen (secondary N) is 1. The summed E-state index contributed by atoms with van der Waals surface area (Å²) >= 11 is 6.06. The number of halogens is 1. The predicted octanol–water partition coefficient (Wildman–Crippen LogP) is 2.28. The fourth-order valence-corrected chi connectivity index (χ4v) is 9.06. The van der Waals surface area contributed by atoms with Gasteiger partial charge in [0, 0.05) is 30.6 Å². The summed E-state index contributed by atoms with van der Waals surface area (Å²) in [4.78, 5) is 24.7. The molecule has 33 heavy (non-hydrogen) atoms. The molecule has 1 aromatic rings. The van der Waals surface area contributed by atoms with Crippen molar-refractivity contribution in [1.82, 2.24) is 9.62 Å². The lowest BCUT2D eigenvalue weighted by molar-refractivity contribution is -0.134. The van der Waals surface area contributed by atoms with Crippen molar-refractivity contribution in [2.75, 3.05) is 23.9 Å². The van der Waals surface area contributed by atoms with E-state index < -0.39 is 10.2 Å². The number of primary amides is 1. The Hall–Kier alpha value is -1.84. The van der Waals surface area contributed by atoms with Crippen LogP contribution in [-0.4, -0.2) is 50.2 Å². The van der Waals surface area contributed by atoms with E-state index >= 15 is 0 Å². The number of carbonyl (C=O) groups is 2. The molecule has 1 heterocycles. The monoisotopic (exact) mass is 494 g/mol. The highest BCUT2D eigenvalue weighted by Crippen LogP contribution is 2.61. The normalized spacial score (nSPS) is 34.9. The van der Waals surface area contributed by atoms with Gasteiger partial charge in [-0.3, -0.25) is 13.9 Å². The number of nitrogens with zero attached hydrogens (tertiary/aromatic N) is 2. The molecule has 4 bridgehead atoms. The van der Waals surface area contributed by atoms with Gasteiger partial charge in [-0.15, -0.1) is 0 Å². The van der Waals surface area contributed by atoms with Gasteiger partial charge in [0.05, 0.1) is 12.2 Å². The molecule has 2 atom stereocenters. The zero-order valence-corrected chi connectivity index (χ0v) is 20.2. The van der Waals surface area contributed by atoms with Gasteiger partial charge in [0.15, 0.2) is 0 Å². The van der Waals surface area contributed by atoms with Crippen molar-refractivity contribution in [3.8, 4) is 0 Å². The molecule has 5 aliphatic rings. The number of carbonyl (C=O) groups excluding carboxylic acids is 2. The second kappa shape index (κ2) is 8.43. The van der Waals surface area contributed by atoms with Crippen LogP contribution in [0.2, 0.25) is 5.02 Å². The van der Waals surface area contributed by atoms with Crippen molar-refractivity contribution in [2.45, 2.75) is 51.0 Å². The highest BCUT2D eigenvalue weighted by molar-refractivity contribution is 7.90. The van der Waals surface area contributed by atoms with E-state index in [1.165, 1.54) is 8.61 Å². The zero-order valence-electron chi connectivity index (χ0n) is 18.6. The largest absolute Gasteiger partial charge is 0.370 e. The van der Waals surface area contributed by atoms with Gasteiger partial charge >= 0.3 is 10.2 Å². The zero-order chi connectivity index (χ0) is 23.4. The van der Waals surface area contributed by atoms with E-state index in [-0.39, 0.29) is 29.8 Å². The molecule has 5 fully saturated rings. The molecular weight excluding hydrogens is 464 g/mol. The fourth-order valence-electron chi connectivity index (χ4n) is 7.22. The first-order chi connectivity index (χ1) is 15.6. The van der Waals surface area contributed by atoms with E-state index in [1.54, 1.807) is 24.3 Å². The standard InChI is InChI=1S/C23H31ClN4O4S/c24-18-3-1-4-19(9-18)28-6-2-5-27(33(28,31)32)14-21(30)26-22-16-7-15-8-17(22)12-23(10-15,11-16)13-20(25)29/h1,3-4,9,15-17,22H,2,5-8,10-14H2,(H2,25,29)(H,26,30). The van der Waals surface area contributed by atoms with Crippen LogP contribution in [-0.2, 0) is 19.8 Å². The molecule has 0 aromatic heterocycles. The van der Waals surface area contributed by atoms with E-state index in [4.69, 9.17) is 17.3 Å². The first-order valence-corrected chi connectivity index (χ1v) is 13.5. The molecular formula is C23H31ClN4O4S. The van der Waals surface area contributed by atoms with Crippen molar-refractivity contribution in [2.24, 2.45) is 28.9 Å². The van der Waals surface area contributed by atoms with Gasteiger partial charge in [-0.1, -0.05) is 17.7 Å². The van der Waals surface area contributed by atoms with Gasteiger partial charge < -0.3 is 11.1 Å². The predicted molar refractivity (Wildman–Crippen MR) is 126 cm³/mol. The summed E-state index contributed by atoms with van der Waals surface area (Å²) in [6.07, 6.45) is 6.08. The van der Waals surface area contributed by atoms with Crippen LogP contribution >= 0.6 is 11.6 Å². The average molecular weight is 495 g/mol. The van der Waals surface area contributed by atoms with Crippen LogP contribution in [0.5, 0.6) is 0 Å². The Labute approximate surface area is 200 Å². The molecule has 2 unspecified atom stereocenters. The minimum absolute atomic E-state index is 0.00275. The molecule has 1 aliphatic heterocycles. The third kappa shape index (κ3) is 4.35. The second-order valence-corrected chi connectivity index (χ2v) is 12.7. The van der Waals surface area contributed by atoms with Gasteiger partial charge in [-0.2, -0.15) is 12.7 Å². The number of hydrogen-bond acceptors (Lipinski definition) is 4. The number of rotatable bonds is 6. The van der Waals surface area contributed by atoms with Gasteiger partial charge in [-0.05, 0) is 79.9 Å². The number of benzene rings is 1. The summed E-state index contributed by atoms with van der Waals surface area (Å²) < 4.78 is 29.0. The Bertz CT molecular complexity index is 1050. The molecule has 0 radical (unpaired) electrons. The van der Waals surface area contributed by atoms with Crippen LogP contribution in [0, 0.1) is 23.2 Å². The number of amides is 2. The summed E-state index contributed by atoms with van der Waals surface area (Å²) in [6, 6.07) is 6.80. The Morgan fingerprint density at radius 2 is 1.88 bits per heavy atom. The minimum atomic E-state index is -3.82. The summed E-state index contributed by atoms with van der Waals surface area (Å²) in [5.41, 5.74) is 6.04. The van der Waals surface area contributed by atoms with Crippen molar-refractivity contribution in [3.05, 3.63) is 29.3 Å². The van der Waals surface area contributed by atoms with E-state index in [1.807, 2.05) is 0 Å². The molecule has 4 saturated carbocycles. The first kappa shape index (κ1) is 22.9. The SMILES string of the molecule is NC(=O)CC12CC3CC(C1)C(NC(=O)CN1CCCN(c4cccc(Cl)c4)S1(=O)=O)C(C3)C2. The molecule has 2 amide bonds. The maximum Gasteiger partial charge on any atom is 0.304 e. The molecule has 1 aromatic carbocycles. The molecule has 1 saturated heterocycles. The third-order valence-corrected chi connectivity index (χ3v) is 10.2. The highest BCUT2D eigenvalue weighted by Gasteiger charge is 2.56. The van der Waals surface area contributed by atoms with Crippen molar-refractivity contribution < 1.29 is 18.0 Å². The van der Waals surface area contributed by atoms with Crippen molar-refractivity contribution >= 4 is 39.3 Å². The maximum atomic E-state index is 13.2. The topological polar surface area (TPSA) is 113 Å². The van der Waals surface area contributed by atoms with Crippen molar-refractivity contribution in [1.29, 1.82) is 0 Å². The number of hydrogen-bond donors (Lipinski definition) is 2. The van der Waals surface area contributed by atoms with E-state index in [0.717, 1.165) is 32.1 Å². The highest BCUT2D eigenvalue weighted by atomic mass is 35.5. The minimum Gasteiger partial charge on any atom is -0.370 e. The summed E-state index contributed by atoms with van der Waals surface area (Å²) in [5, 5.41) is 3.65. The van der Waals surface area contributed by atoms with Crippen LogP contribution in [0.4, 0.5) is 5.69 Å². The fraction of sp³-hybridized carbons (Fsp3) is 0.652. The molecule has 6 rings (SSSR count). The van der Waals surface area contributed by atoms with E-state index in [2.05, 4.69) is 5.32 Å². The van der Waals surface area contributed by atoms with E-state index in [9.17, 15) is 18.0 Å². The number of nitrogens with two attached hydrogens (primary N) is 1. The van der Waals surface area contributed by atoms with Gasteiger partial charge in [0.1, 0.15) is 0 Å². The van der Waals surface area contributed by atoms with Crippen LogP contribution < -0.4 is 15.4 Å². The van der Waals surface area contributed by atoms with Crippen LogP contribution in [0.15, 0.2) is 24.3 Å². The average Bonchev–Trinajstić information content (AvgIpc) is 2.70. The Morgan fingerprint density at radius 1 is 1.15 bits per heavy atom. The Kier molecular flexibility index (Phi) is 5.86. The van der Waals surface area contributed by atoms with Crippen LogP contribution in [0.3, 0.4) is 0 Å². The van der Waals surface area contributed by atoms with E-state index in [0.29, 0.717) is 54.4 Å². The quantitative estimate of drug-likeness (QED) is 0.631. The smallest absolute Gasteiger partial charge is 0.304 e. The van der Waals surface area contributed by atoms with Gasteiger partial charge in [0.2, 0.25) is 11.8 Å². The Balaban J connectivity index is 1.26. The number of anilines is 1. The second-order valence-electron chi connectivity index (χ2n) is 10.5. The summed E-state index contributed by atoms with van der Waals surface area (Å²) in [7, 11) is -3.82. The lowest BCUT2D eigenvalue weighted by Gasteiger charge is -2.60. The molecule has 3 N–H and O–H groups in total. The lowest BCUT2D eigenvalue weighted by atomic mass is 9.47. The third-order valence-electron chi connectivity index (χ3n) is 8.07. The molecule has 0 spiro atoms. The van der Waals surface area contributed by atoms with Crippen LogP contribution in [0.1, 0.15) is 44.9 Å². The van der Waals surface area contributed by atoms with Gasteiger partial charge in [-0.25, -0.2) is 0 Å². The Morgan fingerprint density at radius 3 is 2.55 bits per heavy atom. The lowest BCUT2D eigenvalue weighted by Crippen LogP contribution is -2.61. The molecule has 4 aliphatic carbocycles. The summed E-state index contributed by atoms with van der Waals surface area (Å²) in [6.45, 7) is 0.482. The summed E-state index contributed by atoms with van der Waals surface area (Å²) in [5.74, 6) is 0.773. The first-order valence-electron chi connectivity index (χ1n) is 11.8. The molecule has 10 heteroatoms. The van der Waals surface area contributed by atoms with Crippen molar-refractivity contribution in [3.63, 3.8) is 0 Å².